The molecule has 5 heteroatoms. The van der Waals surface area contributed by atoms with Crippen LogP contribution in [0.25, 0.3) is 0 Å². The fraction of sp³-hybridized carbons (Fsp3) is 0.222. The summed E-state index contributed by atoms with van der Waals surface area (Å²) < 4.78 is 37.2. The van der Waals surface area contributed by atoms with Gasteiger partial charge in [-0.1, -0.05) is 6.07 Å². The van der Waals surface area contributed by atoms with Gasteiger partial charge in [0.25, 0.3) is 6.43 Å². The maximum absolute atomic E-state index is 12.6. The van der Waals surface area contributed by atoms with E-state index < -0.39 is 30.2 Å². The van der Waals surface area contributed by atoms with Crippen LogP contribution in [0.1, 0.15) is 17.6 Å². The number of carbonyl (C=O) groups is 1. The molecule has 0 unspecified atom stereocenters. The second-order valence-corrected chi connectivity index (χ2v) is 2.71. The maximum atomic E-state index is 12.6. The fourth-order valence-corrected chi connectivity index (χ4v) is 1.10. The Labute approximate surface area is 78.0 Å². The summed E-state index contributed by atoms with van der Waals surface area (Å²) in [4.78, 5) is 10.3. The number of alkyl halides is 2. The largest absolute Gasteiger partial charge is 0.481 e. The smallest absolute Gasteiger partial charge is 0.307 e. The minimum Gasteiger partial charge on any atom is -0.481 e. The molecule has 1 aromatic rings. The molecule has 0 fully saturated rings. The van der Waals surface area contributed by atoms with E-state index in [1.54, 1.807) is 0 Å². The van der Waals surface area contributed by atoms with Gasteiger partial charge < -0.3 is 5.11 Å². The Hall–Kier alpha value is -1.52. The van der Waals surface area contributed by atoms with Crippen molar-refractivity contribution in [3.63, 3.8) is 0 Å². The minimum atomic E-state index is -2.79. The molecule has 0 aliphatic heterocycles. The lowest BCUT2D eigenvalue weighted by Gasteiger charge is -2.06. The average Bonchev–Trinajstić information content (AvgIpc) is 2.01. The van der Waals surface area contributed by atoms with Gasteiger partial charge in [-0.15, -0.1) is 0 Å². The van der Waals surface area contributed by atoms with Gasteiger partial charge in [0.2, 0.25) is 0 Å². The van der Waals surface area contributed by atoms with Gasteiger partial charge in [-0.05, 0) is 17.7 Å². The zero-order valence-corrected chi connectivity index (χ0v) is 7.01. The number of benzene rings is 1. The summed E-state index contributed by atoms with van der Waals surface area (Å²) in [6, 6.07) is 2.60. The molecule has 0 radical (unpaired) electrons. The summed E-state index contributed by atoms with van der Waals surface area (Å²) in [7, 11) is 0. The van der Waals surface area contributed by atoms with Crippen molar-refractivity contribution in [2.45, 2.75) is 12.8 Å². The van der Waals surface area contributed by atoms with E-state index in [-0.39, 0.29) is 5.56 Å². The summed E-state index contributed by atoms with van der Waals surface area (Å²) in [5.74, 6) is -1.98. The molecule has 0 spiro atoms. The molecular formula is C9H7F3O2. The summed E-state index contributed by atoms with van der Waals surface area (Å²) in [6.07, 6.45) is -3.39. The van der Waals surface area contributed by atoms with Crippen molar-refractivity contribution in [2.24, 2.45) is 0 Å². The van der Waals surface area contributed by atoms with E-state index in [9.17, 15) is 18.0 Å². The molecule has 0 saturated heterocycles. The quantitative estimate of drug-likeness (QED) is 0.820. The van der Waals surface area contributed by atoms with E-state index in [1.807, 2.05) is 0 Å². The molecule has 0 heterocycles. The molecule has 0 aliphatic carbocycles. The van der Waals surface area contributed by atoms with Crippen molar-refractivity contribution in [3.8, 4) is 0 Å². The first kappa shape index (κ1) is 10.6. The van der Waals surface area contributed by atoms with Crippen molar-refractivity contribution >= 4 is 5.97 Å². The number of halogens is 3. The molecule has 0 atom stereocenters. The predicted molar refractivity (Wildman–Crippen MR) is 42.7 cm³/mol. The fourth-order valence-electron chi connectivity index (χ4n) is 1.10. The molecule has 1 rings (SSSR count). The normalized spacial score (nSPS) is 10.6. The molecule has 1 aromatic carbocycles. The number of carboxylic acid groups (broad SMARTS) is 1. The van der Waals surface area contributed by atoms with Crippen LogP contribution < -0.4 is 0 Å². The van der Waals surface area contributed by atoms with Gasteiger partial charge in [-0.2, -0.15) is 0 Å². The first-order valence-electron chi connectivity index (χ1n) is 3.79. The molecule has 2 nitrogen and oxygen atoms in total. The Bertz CT molecular complexity index is 350. The monoisotopic (exact) mass is 204 g/mol. The Balaban J connectivity index is 3.09. The molecule has 1 N–H and O–H groups in total. The van der Waals surface area contributed by atoms with Gasteiger partial charge in [0.15, 0.2) is 0 Å². The molecule has 0 amide bonds. The van der Waals surface area contributed by atoms with Crippen molar-refractivity contribution in [1.82, 2.24) is 0 Å². The number of aliphatic carboxylic acids is 1. The van der Waals surface area contributed by atoms with Crippen LogP contribution in [0.2, 0.25) is 0 Å². The topological polar surface area (TPSA) is 37.3 Å². The molecule has 0 bridgehead atoms. The maximum Gasteiger partial charge on any atom is 0.307 e. The Kier molecular flexibility index (Phi) is 3.11. The lowest BCUT2D eigenvalue weighted by molar-refractivity contribution is -0.136. The van der Waals surface area contributed by atoms with Gasteiger partial charge >= 0.3 is 5.97 Å². The third-order valence-corrected chi connectivity index (χ3v) is 1.68. The van der Waals surface area contributed by atoms with Crippen LogP contribution in [-0.4, -0.2) is 11.1 Å². The predicted octanol–water partition coefficient (Wildman–Crippen LogP) is 2.39. The minimum absolute atomic E-state index is 0.187. The van der Waals surface area contributed by atoms with E-state index >= 15 is 0 Å². The van der Waals surface area contributed by atoms with E-state index in [0.717, 1.165) is 18.2 Å². The molecule has 0 aromatic heterocycles. The highest BCUT2D eigenvalue weighted by Crippen LogP contribution is 2.23. The summed E-state index contributed by atoms with van der Waals surface area (Å²) in [5, 5.41) is 8.40. The van der Waals surface area contributed by atoms with Crippen molar-refractivity contribution in [3.05, 3.63) is 35.1 Å². The molecule has 0 aliphatic rings. The Morgan fingerprint density at radius 1 is 1.43 bits per heavy atom. The zero-order valence-electron chi connectivity index (χ0n) is 7.01. The van der Waals surface area contributed by atoms with Crippen LogP contribution in [0.3, 0.4) is 0 Å². The van der Waals surface area contributed by atoms with Crippen LogP contribution in [0.5, 0.6) is 0 Å². The lowest BCUT2D eigenvalue weighted by atomic mass is 10.0. The molecular weight excluding hydrogens is 197 g/mol. The first-order chi connectivity index (χ1) is 6.50. The van der Waals surface area contributed by atoms with Crippen LogP contribution in [0, 0.1) is 5.82 Å². The third-order valence-electron chi connectivity index (χ3n) is 1.68. The van der Waals surface area contributed by atoms with Gasteiger partial charge in [-0.25, -0.2) is 13.2 Å². The number of rotatable bonds is 3. The van der Waals surface area contributed by atoms with E-state index in [0.29, 0.717) is 0 Å². The van der Waals surface area contributed by atoms with Crippen LogP contribution in [0.15, 0.2) is 18.2 Å². The highest BCUT2D eigenvalue weighted by atomic mass is 19.3. The second-order valence-electron chi connectivity index (χ2n) is 2.71. The molecule has 14 heavy (non-hydrogen) atoms. The second kappa shape index (κ2) is 4.13. The van der Waals surface area contributed by atoms with Gasteiger partial charge in [0.05, 0.1) is 6.42 Å². The van der Waals surface area contributed by atoms with Crippen LogP contribution in [0.4, 0.5) is 13.2 Å². The van der Waals surface area contributed by atoms with Crippen molar-refractivity contribution in [2.75, 3.05) is 0 Å². The first-order valence-corrected chi connectivity index (χ1v) is 3.79. The lowest BCUT2D eigenvalue weighted by Crippen LogP contribution is -2.04. The Morgan fingerprint density at radius 3 is 2.57 bits per heavy atom. The number of hydrogen-bond acceptors (Lipinski definition) is 1. The molecule has 76 valence electrons. The van der Waals surface area contributed by atoms with E-state index in [1.165, 1.54) is 0 Å². The van der Waals surface area contributed by atoms with Gasteiger partial charge in [0.1, 0.15) is 5.82 Å². The molecule has 0 saturated carbocycles. The summed E-state index contributed by atoms with van der Waals surface area (Å²) in [5.41, 5.74) is -0.624. The highest BCUT2D eigenvalue weighted by Gasteiger charge is 2.15. The standard InChI is InChI=1S/C9H7F3O2/c10-6-1-2-7(9(11)12)5(3-6)4-8(13)14/h1-3,9H,4H2,(H,13,14). The van der Waals surface area contributed by atoms with Gasteiger partial charge in [-0.3, -0.25) is 4.79 Å². The SMILES string of the molecule is O=C(O)Cc1cc(F)ccc1C(F)F. The number of carboxylic acids is 1. The number of hydrogen-bond donors (Lipinski definition) is 1. The van der Waals surface area contributed by atoms with Crippen LogP contribution >= 0.6 is 0 Å². The van der Waals surface area contributed by atoms with E-state index in [4.69, 9.17) is 5.11 Å². The summed E-state index contributed by atoms with van der Waals surface area (Å²) >= 11 is 0. The third kappa shape index (κ3) is 2.48. The Morgan fingerprint density at radius 2 is 2.07 bits per heavy atom. The average molecular weight is 204 g/mol. The van der Waals surface area contributed by atoms with Crippen molar-refractivity contribution in [1.29, 1.82) is 0 Å². The van der Waals surface area contributed by atoms with Crippen LogP contribution in [-0.2, 0) is 11.2 Å². The van der Waals surface area contributed by atoms with Crippen molar-refractivity contribution < 1.29 is 23.1 Å². The summed E-state index contributed by atoms with van der Waals surface area (Å²) in [6.45, 7) is 0. The highest BCUT2D eigenvalue weighted by molar-refractivity contribution is 5.70. The van der Waals surface area contributed by atoms with E-state index in [2.05, 4.69) is 0 Å². The zero-order chi connectivity index (χ0) is 10.7. The van der Waals surface area contributed by atoms with Gasteiger partial charge in [0, 0.05) is 5.56 Å².